The molecule has 7 atom stereocenters. The predicted molar refractivity (Wildman–Crippen MR) is 150 cm³/mol. The molecule has 0 radical (unpaired) electrons. The zero-order valence-corrected chi connectivity index (χ0v) is 24.6. The maximum Gasteiger partial charge on any atom is 0.405 e. The van der Waals surface area contributed by atoms with Crippen LogP contribution in [0.1, 0.15) is 41.0 Å². The topological polar surface area (TPSA) is 143 Å². The Morgan fingerprint density at radius 3 is 2.20 bits per heavy atom. The van der Waals surface area contributed by atoms with Crippen LogP contribution in [-0.4, -0.2) is 69.3 Å². The van der Waals surface area contributed by atoms with Gasteiger partial charge in [-0.2, -0.15) is 0 Å². The summed E-state index contributed by atoms with van der Waals surface area (Å²) in [6.45, 7) is 9.17. The first kappa shape index (κ1) is 32.9. The number of methoxy groups -OCH3 is 3. The summed E-state index contributed by atoms with van der Waals surface area (Å²) in [5.41, 5.74) is 6.49. The van der Waals surface area contributed by atoms with Crippen LogP contribution < -0.4 is 11.1 Å². The number of carbonyl (C=O) groups is 4. The van der Waals surface area contributed by atoms with Gasteiger partial charge in [0.1, 0.15) is 6.10 Å². The lowest BCUT2D eigenvalue weighted by atomic mass is 9.83. The second-order valence-corrected chi connectivity index (χ2v) is 10.4. The van der Waals surface area contributed by atoms with Gasteiger partial charge in [0.25, 0.3) is 5.91 Å². The molecule has 0 aromatic rings. The van der Waals surface area contributed by atoms with Crippen LogP contribution in [-0.2, 0) is 33.3 Å². The fraction of sp³-hybridized carbons (Fsp3) is 0.533. The van der Waals surface area contributed by atoms with Crippen molar-refractivity contribution in [3.8, 4) is 0 Å². The summed E-state index contributed by atoms with van der Waals surface area (Å²) >= 11 is 0. The lowest BCUT2D eigenvalue weighted by Crippen LogP contribution is -2.40. The van der Waals surface area contributed by atoms with Gasteiger partial charge >= 0.3 is 6.09 Å². The lowest BCUT2D eigenvalue weighted by Gasteiger charge is -2.34. The van der Waals surface area contributed by atoms with Gasteiger partial charge in [0.15, 0.2) is 5.78 Å². The van der Waals surface area contributed by atoms with Crippen LogP contribution in [0.2, 0.25) is 0 Å². The highest BCUT2D eigenvalue weighted by atomic mass is 16.6. The van der Waals surface area contributed by atoms with Gasteiger partial charge in [0.05, 0.1) is 24.0 Å². The van der Waals surface area contributed by atoms with Gasteiger partial charge in [0, 0.05) is 50.4 Å². The van der Waals surface area contributed by atoms with Gasteiger partial charge in [-0.1, -0.05) is 45.1 Å². The summed E-state index contributed by atoms with van der Waals surface area (Å²) in [4.78, 5) is 50.5. The maximum absolute atomic E-state index is 13.4. The van der Waals surface area contributed by atoms with E-state index in [1.54, 1.807) is 39.4 Å². The number of primary amides is 1. The van der Waals surface area contributed by atoms with Crippen LogP contribution >= 0.6 is 0 Å². The number of fused-ring (bicyclic) bond motifs is 2. The summed E-state index contributed by atoms with van der Waals surface area (Å²) in [5, 5.41) is 2.56. The second kappa shape index (κ2) is 14.9. The van der Waals surface area contributed by atoms with Gasteiger partial charge in [0.2, 0.25) is 5.78 Å². The highest BCUT2D eigenvalue weighted by Crippen LogP contribution is 2.30. The molecule has 3 N–H and O–H groups in total. The van der Waals surface area contributed by atoms with E-state index in [0.717, 1.165) is 11.6 Å². The number of allylic oxidation sites excluding steroid dienone is 5. The normalized spacial score (nSPS) is 34.4. The highest BCUT2D eigenvalue weighted by molar-refractivity contribution is 6.22. The summed E-state index contributed by atoms with van der Waals surface area (Å²) in [6, 6.07) is 0. The molecule has 0 saturated carbocycles. The fourth-order valence-electron chi connectivity index (χ4n) is 5.27. The van der Waals surface area contributed by atoms with E-state index in [0.29, 0.717) is 12.0 Å². The molecule has 2 aliphatic rings. The molecular weight excluding hydrogens is 516 g/mol. The highest BCUT2D eigenvalue weighted by Gasteiger charge is 2.36. The molecule has 0 spiro atoms. The smallest absolute Gasteiger partial charge is 0.405 e. The molecule has 40 heavy (non-hydrogen) atoms. The minimum Gasteiger partial charge on any atom is -0.441 e. The number of Topliss-reactive ketones (excluding diaryl/α,β-unsaturated/α-hetero) is 1. The van der Waals surface area contributed by atoms with E-state index in [2.05, 4.69) is 5.32 Å². The fourth-order valence-corrected chi connectivity index (χ4v) is 5.27. The SMILES string of the molecule is CO[C@H]1[C@@H](OC)C[C@H](C)[C@@H](OC)C2=CC(=O)C=C(NC(=O)/C(C)=C/C=C\C(C)[C@@H](OC(N)=O)/C(C)=C/[C@@H]1C)C2=O. The Morgan fingerprint density at radius 1 is 0.950 bits per heavy atom. The number of nitrogens with one attached hydrogen (secondary N) is 1. The third kappa shape index (κ3) is 8.33. The van der Waals surface area contributed by atoms with Crippen molar-refractivity contribution in [1.29, 1.82) is 0 Å². The Labute approximate surface area is 236 Å². The Kier molecular flexibility index (Phi) is 12.2. The Balaban J connectivity index is 2.62. The van der Waals surface area contributed by atoms with Crippen LogP contribution in [0.5, 0.6) is 0 Å². The third-order valence-corrected chi connectivity index (χ3v) is 7.29. The summed E-state index contributed by atoms with van der Waals surface area (Å²) in [6.07, 6.45) is 6.65. The molecule has 0 saturated heterocycles. The van der Waals surface area contributed by atoms with Crippen molar-refractivity contribution in [3.05, 3.63) is 58.9 Å². The first-order valence-corrected chi connectivity index (χ1v) is 13.3. The van der Waals surface area contributed by atoms with Crippen LogP contribution in [0.15, 0.2) is 58.9 Å². The van der Waals surface area contributed by atoms with E-state index in [1.165, 1.54) is 13.2 Å². The first-order chi connectivity index (χ1) is 18.8. The molecule has 2 rings (SSSR count). The summed E-state index contributed by atoms with van der Waals surface area (Å²) in [7, 11) is 4.64. The van der Waals surface area contributed by atoms with Crippen molar-refractivity contribution in [2.75, 3.05) is 21.3 Å². The van der Waals surface area contributed by atoms with Gasteiger partial charge in [-0.15, -0.1) is 0 Å². The molecule has 1 unspecified atom stereocenters. The van der Waals surface area contributed by atoms with Crippen LogP contribution in [0.4, 0.5) is 4.79 Å². The van der Waals surface area contributed by atoms with Crippen molar-refractivity contribution in [3.63, 3.8) is 0 Å². The monoisotopic (exact) mass is 558 g/mol. The zero-order valence-electron chi connectivity index (χ0n) is 24.6. The largest absolute Gasteiger partial charge is 0.441 e. The second-order valence-electron chi connectivity index (χ2n) is 10.4. The molecule has 0 fully saturated rings. The average molecular weight is 559 g/mol. The van der Waals surface area contributed by atoms with Crippen molar-refractivity contribution in [2.24, 2.45) is 23.5 Å². The van der Waals surface area contributed by atoms with Crippen LogP contribution in [0.3, 0.4) is 0 Å². The van der Waals surface area contributed by atoms with Crippen molar-refractivity contribution >= 4 is 23.6 Å². The maximum atomic E-state index is 13.4. The van der Waals surface area contributed by atoms with Gasteiger partial charge in [-0.25, -0.2) is 4.79 Å². The number of hydrogen-bond acceptors (Lipinski definition) is 8. The van der Waals surface area contributed by atoms with Crippen molar-refractivity contribution in [1.82, 2.24) is 5.32 Å². The average Bonchev–Trinajstić information content (AvgIpc) is 2.88. The summed E-state index contributed by atoms with van der Waals surface area (Å²) < 4.78 is 22.9. The van der Waals surface area contributed by atoms with E-state index in [1.807, 2.05) is 33.8 Å². The molecule has 10 nitrogen and oxygen atoms in total. The molecule has 2 amide bonds. The minimum absolute atomic E-state index is 0.119. The minimum atomic E-state index is -0.902. The molecule has 0 aromatic carbocycles. The van der Waals surface area contributed by atoms with Gasteiger partial charge < -0.3 is 30.0 Å². The van der Waals surface area contributed by atoms with Crippen LogP contribution in [0.25, 0.3) is 0 Å². The molecule has 1 aliphatic heterocycles. The van der Waals surface area contributed by atoms with Gasteiger partial charge in [-0.3, -0.25) is 14.4 Å². The van der Waals surface area contributed by atoms with E-state index in [4.69, 9.17) is 24.7 Å². The van der Waals surface area contributed by atoms with Crippen LogP contribution in [0, 0.1) is 17.8 Å². The summed E-state index contributed by atoms with van der Waals surface area (Å²) in [5.74, 6) is -2.19. The molecule has 10 heteroatoms. The standard InChI is InChI=1S/C30H42N2O8/c1-16-10-9-11-17(2)29(35)32-23-15-21(33)14-22(25(23)34)27(38-7)20(5)13-24(37-6)28(39-8)19(4)12-18(3)26(16)40-30(31)36/h9-12,14-16,19-20,24,26-28H,13H2,1-8H3,(H2,31,36)(H,32,35)/b10-9-,17-11+,18-12+/t16?,19-,20-,24-,26+,27+,28+/m0/s1. The van der Waals surface area contributed by atoms with Crippen molar-refractivity contribution < 1.29 is 38.1 Å². The Morgan fingerprint density at radius 2 is 1.62 bits per heavy atom. The third-order valence-electron chi connectivity index (χ3n) is 7.29. The Bertz CT molecular complexity index is 1130. The first-order valence-electron chi connectivity index (χ1n) is 13.3. The van der Waals surface area contributed by atoms with E-state index in [-0.39, 0.29) is 29.0 Å². The van der Waals surface area contributed by atoms with E-state index >= 15 is 0 Å². The van der Waals surface area contributed by atoms with Gasteiger partial charge in [-0.05, 0) is 37.8 Å². The number of ketones is 2. The number of carbonyl (C=O) groups excluding carboxylic acids is 4. The quantitative estimate of drug-likeness (QED) is 0.395. The predicted octanol–water partition coefficient (Wildman–Crippen LogP) is 3.33. The number of ether oxygens (including phenoxy) is 4. The molecular formula is C30H42N2O8. The number of hydrogen-bond donors (Lipinski definition) is 2. The molecule has 1 aliphatic carbocycles. The zero-order chi connectivity index (χ0) is 30.1. The Hall–Kier alpha value is -3.34. The number of amides is 2. The molecule has 0 aromatic heterocycles. The number of nitrogens with two attached hydrogens (primary N) is 1. The number of rotatable bonds is 4. The van der Waals surface area contributed by atoms with E-state index in [9.17, 15) is 19.2 Å². The molecule has 220 valence electrons. The molecule has 2 bridgehead atoms. The molecule has 1 heterocycles. The lowest BCUT2D eigenvalue weighted by molar-refractivity contribution is -0.120. The van der Waals surface area contributed by atoms with E-state index < -0.39 is 48.0 Å². The van der Waals surface area contributed by atoms with Crippen molar-refractivity contribution in [2.45, 2.75) is 65.5 Å².